The van der Waals surface area contributed by atoms with Crippen molar-refractivity contribution in [1.82, 2.24) is 5.32 Å². The average Bonchev–Trinajstić information content (AvgIpc) is 2.42. The minimum Gasteiger partial charge on any atom is -0.469 e. The molecule has 0 atom stereocenters. The molecular formula is C15H21NO3S. The van der Waals surface area contributed by atoms with Gasteiger partial charge in [0, 0.05) is 23.6 Å². The van der Waals surface area contributed by atoms with Crippen molar-refractivity contribution in [2.24, 2.45) is 0 Å². The summed E-state index contributed by atoms with van der Waals surface area (Å²) in [5.41, 5.74) is 2.53. The van der Waals surface area contributed by atoms with E-state index >= 15 is 0 Å². The molecule has 110 valence electrons. The first-order chi connectivity index (χ1) is 9.52. The molecule has 0 aliphatic rings. The maximum absolute atomic E-state index is 11.5. The molecular weight excluding hydrogens is 274 g/mol. The molecule has 1 rings (SSSR count). The van der Waals surface area contributed by atoms with Crippen LogP contribution in [0.1, 0.15) is 24.0 Å². The van der Waals surface area contributed by atoms with E-state index in [0.717, 1.165) is 5.75 Å². The summed E-state index contributed by atoms with van der Waals surface area (Å²) >= 11 is 1.66. The summed E-state index contributed by atoms with van der Waals surface area (Å²) in [5.74, 6) is 0.382. The van der Waals surface area contributed by atoms with Crippen molar-refractivity contribution in [3.05, 3.63) is 29.3 Å². The molecule has 20 heavy (non-hydrogen) atoms. The molecule has 0 aromatic heterocycles. The number of rotatable bonds is 7. The van der Waals surface area contributed by atoms with Gasteiger partial charge in [0.05, 0.1) is 13.5 Å². The molecule has 0 aliphatic carbocycles. The number of ether oxygens (including phenoxy) is 1. The number of aryl methyl sites for hydroxylation is 2. The summed E-state index contributed by atoms with van der Waals surface area (Å²) in [7, 11) is 1.34. The van der Waals surface area contributed by atoms with Crippen LogP contribution >= 0.6 is 11.8 Å². The Balaban J connectivity index is 2.21. The van der Waals surface area contributed by atoms with Crippen LogP contribution < -0.4 is 5.32 Å². The second-order valence-corrected chi connectivity index (χ2v) is 5.69. The number of amides is 1. The lowest BCUT2D eigenvalue weighted by molar-refractivity contribution is -0.140. The van der Waals surface area contributed by atoms with Crippen LogP contribution in [0.5, 0.6) is 0 Å². The Kier molecular flexibility index (Phi) is 7.15. The molecule has 0 saturated heterocycles. The van der Waals surface area contributed by atoms with Gasteiger partial charge in [0.25, 0.3) is 0 Å². The second-order valence-electron chi connectivity index (χ2n) is 4.52. The van der Waals surface area contributed by atoms with E-state index in [0.29, 0.717) is 13.0 Å². The molecule has 0 heterocycles. The van der Waals surface area contributed by atoms with Crippen LogP contribution in [-0.2, 0) is 14.3 Å². The minimum absolute atomic E-state index is 0.0368. The van der Waals surface area contributed by atoms with Crippen molar-refractivity contribution in [2.45, 2.75) is 31.6 Å². The maximum atomic E-state index is 11.5. The van der Waals surface area contributed by atoms with E-state index in [1.807, 2.05) is 0 Å². The molecule has 0 saturated carbocycles. The van der Waals surface area contributed by atoms with E-state index in [1.165, 1.54) is 23.1 Å². The Labute approximate surface area is 124 Å². The zero-order chi connectivity index (χ0) is 15.0. The van der Waals surface area contributed by atoms with Gasteiger partial charge in [0.1, 0.15) is 0 Å². The predicted molar refractivity (Wildman–Crippen MR) is 80.9 cm³/mol. The fourth-order valence-corrected chi connectivity index (χ4v) is 2.51. The molecule has 0 radical (unpaired) electrons. The quantitative estimate of drug-likeness (QED) is 0.620. The number of esters is 1. The summed E-state index contributed by atoms with van der Waals surface area (Å²) in [6.07, 6.45) is 0.658. The first kappa shape index (κ1) is 16.6. The van der Waals surface area contributed by atoms with E-state index in [2.05, 4.69) is 42.1 Å². The number of hydrogen-bond acceptors (Lipinski definition) is 4. The average molecular weight is 295 g/mol. The van der Waals surface area contributed by atoms with Gasteiger partial charge in [0.2, 0.25) is 5.91 Å². The van der Waals surface area contributed by atoms with Crippen molar-refractivity contribution in [3.8, 4) is 0 Å². The van der Waals surface area contributed by atoms with Crippen LogP contribution in [0, 0.1) is 13.8 Å². The van der Waals surface area contributed by atoms with Gasteiger partial charge < -0.3 is 10.1 Å². The van der Waals surface area contributed by atoms with Gasteiger partial charge in [0.15, 0.2) is 0 Å². The molecule has 0 spiro atoms. The Bertz CT molecular complexity index is 474. The van der Waals surface area contributed by atoms with Crippen LogP contribution in [0.2, 0.25) is 0 Å². The second kappa shape index (κ2) is 8.64. The van der Waals surface area contributed by atoms with Gasteiger partial charge in [-0.15, -0.1) is 11.8 Å². The number of methoxy groups -OCH3 is 1. The fraction of sp³-hybridized carbons (Fsp3) is 0.467. The lowest BCUT2D eigenvalue weighted by Gasteiger charge is -2.06. The molecule has 1 aromatic carbocycles. The molecule has 0 fully saturated rings. The van der Waals surface area contributed by atoms with Crippen LogP contribution in [-0.4, -0.2) is 31.3 Å². The molecule has 0 aliphatic heterocycles. The third-order valence-electron chi connectivity index (χ3n) is 2.96. The molecule has 5 heteroatoms. The molecule has 4 nitrogen and oxygen atoms in total. The summed E-state index contributed by atoms with van der Waals surface area (Å²) in [6, 6.07) is 6.30. The topological polar surface area (TPSA) is 55.4 Å². The molecule has 0 bridgehead atoms. The standard InChI is InChI=1S/C15H21NO3S/c1-11-4-5-13(10-12(11)2)20-9-7-14(17)16-8-6-15(18)19-3/h4-5,10H,6-9H2,1-3H3,(H,16,17). The van der Waals surface area contributed by atoms with Gasteiger partial charge in [-0.2, -0.15) is 0 Å². The van der Waals surface area contributed by atoms with E-state index in [-0.39, 0.29) is 18.3 Å². The number of thioether (sulfide) groups is 1. The summed E-state index contributed by atoms with van der Waals surface area (Å²) in [5, 5.41) is 2.70. The SMILES string of the molecule is COC(=O)CCNC(=O)CCSc1ccc(C)c(C)c1. The predicted octanol–water partition coefficient (Wildman–Crippen LogP) is 2.46. The Morgan fingerprint density at radius 3 is 2.60 bits per heavy atom. The lowest BCUT2D eigenvalue weighted by Crippen LogP contribution is -2.26. The van der Waals surface area contributed by atoms with Gasteiger partial charge in [-0.3, -0.25) is 9.59 Å². The van der Waals surface area contributed by atoms with Crippen molar-refractivity contribution >= 4 is 23.6 Å². The Morgan fingerprint density at radius 1 is 1.20 bits per heavy atom. The monoisotopic (exact) mass is 295 g/mol. The zero-order valence-electron chi connectivity index (χ0n) is 12.2. The third-order valence-corrected chi connectivity index (χ3v) is 3.95. The highest BCUT2D eigenvalue weighted by Crippen LogP contribution is 2.21. The van der Waals surface area contributed by atoms with E-state index in [1.54, 1.807) is 11.8 Å². The summed E-state index contributed by atoms with van der Waals surface area (Å²) in [4.78, 5) is 23.6. The van der Waals surface area contributed by atoms with Crippen LogP contribution in [0.25, 0.3) is 0 Å². The van der Waals surface area contributed by atoms with Crippen molar-refractivity contribution in [1.29, 1.82) is 0 Å². The van der Waals surface area contributed by atoms with Crippen LogP contribution in [0.4, 0.5) is 0 Å². The van der Waals surface area contributed by atoms with Crippen molar-refractivity contribution < 1.29 is 14.3 Å². The van der Waals surface area contributed by atoms with Crippen LogP contribution in [0.3, 0.4) is 0 Å². The molecule has 1 N–H and O–H groups in total. The van der Waals surface area contributed by atoms with Gasteiger partial charge >= 0.3 is 5.97 Å². The van der Waals surface area contributed by atoms with Crippen LogP contribution in [0.15, 0.2) is 23.1 Å². The number of carbonyl (C=O) groups excluding carboxylic acids is 2. The van der Waals surface area contributed by atoms with Gasteiger partial charge in [-0.05, 0) is 37.1 Å². The van der Waals surface area contributed by atoms with Crippen molar-refractivity contribution in [2.75, 3.05) is 19.4 Å². The highest BCUT2D eigenvalue weighted by atomic mass is 32.2. The summed E-state index contributed by atoms with van der Waals surface area (Å²) < 4.78 is 4.50. The highest BCUT2D eigenvalue weighted by Gasteiger charge is 2.04. The lowest BCUT2D eigenvalue weighted by atomic mass is 10.1. The molecule has 1 amide bonds. The number of benzene rings is 1. The van der Waals surface area contributed by atoms with E-state index < -0.39 is 0 Å². The largest absolute Gasteiger partial charge is 0.469 e. The normalized spacial score (nSPS) is 10.2. The smallest absolute Gasteiger partial charge is 0.307 e. The minimum atomic E-state index is -0.310. The third kappa shape index (κ3) is 6.10. The van der Waals surface area contributed by atoms with Crippen molar-refractivity contribution in [3.63, 3.8) is 0 Å². The van der Waals surface area contributed by atoms with Gasteiger partial charge in [-0.1, -0.05) is 6.07 Å². The molecule has 1 aromatic rings. The first-order valence-electron chi connectivity index (χ1n) is 6.56. The van der Waals surface area contributed by atoms with Gasteiger partial charge in [-0.25, -0.2) is 0 Å². The Morgan fingerprint density at radius 2 is 1.95 bits per heavy atom. The summed E-state index contributed by atoms with van der Waals surface area (Å²) in [6.45, 7) is 4.50. The first-order valence-corrected chi connectivity index (χ1v) is 7.55. The number of nitrogens with one attached hydrogen (secondary N) is 1. The molecule has 0 unspecified atom stereocenters. The van der Waals surface area contributed by atoms with E-state index in [4.69, 9.17) is 0 Å². The zero-order valence-corrected chi connectivity index (χ0v) is 13.0. The highest BCUT2D eigenvalue weighted by molar-refractivity contribution is 7.99. The number of carbonyl (C=O) groups is 2. The van der Waals surface area contributed by atoms with E-state index in [9.17, 15) is 9.59 Å². The Hall–Kier alpha value is -1.49. The fourth-order valence-electron chi connectivity index (χ4n) is 1.56. The maximum Gasteiger partial charge on any atom is 0.307 e. The number of hydrogen-bond donors (Lipinski definition) is 1.